The number of carboxylic acid groups (broad SMARTS) is 1. The number of aliphatic carboxylic acids is 1. The lowest BCUT2D eigenvalue weighted by molar-refractivity contribution is -0.142. The molecule has 19 heavy (non-hydrogen) atoms. The maximum atomic E-state index is 11.1. The summed E-state index contributed by atoms with van der Waals surface area (Å²) in [6, 6.07) is 10.4. The van der Waals surface area contributed by atoms with E-state index in [1.807, 2.05) is 6.07 Å². The molecule has 0 bridgehead atoms. The van der Waals surface area contributed by atoms with E-state index in [2.05, 4.69) is 40.2 Å². The van der Waals surface area contributed by atoms with Crippen LogP contribution in [0.15, 0.2) is 30.3 Å². The van der Waals surface area contributed by atoms with Crippen LogP contribution >= 0.6 is 15.9 Å². The van der Waals surface area contributed by atoms with Crippen molar-refractivity contribution in [1.82, 2.24) is 0 Å². The second kappa shape index (κ2) is 10.0. The molecule has 0 heterocycles. The summed E-state index contributed by atoms with van der Waals surface area (Å²) in [6.07, 6.45) is 6.81. The molecular weight excluding hydrogens is 304 g/mol. The summed E-state index contributed by atoms with van der Waals surface area (Å²) in [4.78, 5) is 11.1. The molecule has 0 saturated heterocycles. The Bertz CT molecular complexity index is 351. The first-order chi connectivity index (χ1) is 9.24. The molecular formula is C16H23BrO2. The third kappa shape index (κ3) is 7.36. The standard InChI is InChI=1S/C16H23BrO2/c17-13-7-6-12-15(16(18)19)11-5-4-10-14-8-2-1-3-9-14/h1-3,8-9,15H,4-7,10-13H2,(H,18,19). The van der Waals surface area contributed by atoms with E-state index < -0.39 is 5.97 Å². The number of carboxylic acids is 1. The summed E-state index contributed by atoms with van der Waals surface area (Å²) in [5.74, 6) is -0.788. The van der Waals surface area contributed by atoms with Crippen molar-refractivity contribution < 1.29 is 9.90 Å². The molecule has 0 fully saturated rings. The van der Waals surface area contributed by atoms with Crippen LogP contribution < -0.4 is 0 Å². The van der Waals surface area contributed by atoms with Crippen LogP contribution in [0.2, 0.25) is 0 Å². The Morgan fingerprint density at radius 2 is 1.68 bits per heavy atom. The first-order valence-electron chi connectivity index (χ1n) is 7.06. The SMILES string of the molecule is O=C(O)C(CCCCBr)CCCCc1ccccc1. The molecule has 1 aromatic carbocycles. The van der Waals surface area contributed by atoms with Gasteiger partial charge in [0.05, 0.1) is 5.92 Å². The van der Waals surface area contributed by atoms with Crippen molar-refractivity contribution >= 4 is 21.9 Å². The van der Waals surface area contributed by atoms with E-state index in [0.717, 1.165) is 50.3 Å². The molecule has 106 valence electrons. The number of unbranched alkanes of at least 4 members (excludes halogenated alkanes) is 2. The molecule has 0 aliphatic rings. The molecule has 1 atom stereocenters. The Morgan fingerprint density at radius 3 is 2.26 bits per heavy atom. The van der Waals surface area contributed by atoms with Crippen molar-refractivity contribution in [2.75, 3.05) is 5.33 Å². The average Bonchev–Trinajstić information content (AvgIpc) is 2.42. The lowest BCUT2D eigenvalue weighted by Crippen LogP contribution is -2.13. The molecule has 2 nitrogen and oxygen atoms in total. The molecule has 0 saturated carbocycles. The number of benzene rings is 1. The highest BCUT2D eigenvalue weighted by Crippen LogP contribution is 2.18. The molecule has 1 N–H and O–H groups in total. The van der Waals surface area contributed by atoms with Gasteiger partial charge in [-0.05, 0) is 37.7 Å². The van der Waals surface area contributed by atoms with Gasteiger partial charge in [-0.3, -0.25) is 4.79 Å². The van der Waals surface area contributed by atoms with Gasteiger partial charge in [0.15, 0.2) is 0 Å². The minimum atomic E-state index is -0.630. The lowest BCUT2D eigenvalue weighted by Gasteiger charge is -2.11. The van der Waals surface area contributed by atoms with Crippen molar-refractivity contribution in [2.45, 2.75) is 44.9 Å². The summed E-state index contributed by atoms with van der Waals surface area (Å²) < 4.78 is 0. The molecule has 0 aliphatic heterocycles. The van der Waals surface area contributed by atoms with Crippen LogP contribution in [-0.2, 0) is 11.2 Å². The van der Waals surface area contributed by atoms with Crippen LogP contribution in [0.25, 0.3) is 0 Å². The zero-order valence-electron chi connectivity index (χ0n) is 11.4. The van der Waals surface area contributed by atoms with Crippen LogP contribution in [-0.4, -0.2) is 16.4 Å². The number of rotatable bonds is 10. The van der Waals surface area contributed by atoms with E-state index >= 15 is 0 Å². The summed E-state index contributed by atoms with van der Waals surface area (Å²) in [5.41, 5.74) is 1.34. The molecule has 0 spiro atoms. The minimum Gasteiger partial charge on any atom is -0.481 e. The van der Waals surface area contributed by atoms with Gasteiger partial charge in [0.25, 0.3) is 0 Å². The van der Waals surface area contributed by atoms with Crippen LogP contribution in [0.1, 0.15) is 44.1 Å². The quantitative estimate of drug-likeness (QED) is 0.501. The van der Waals surface area contributed by atoms with Gasteiger partial charge >= 0.3 is 5.97 Å². The molecule has 0 aliphatic carbocycles. The highest BCUT2D eigenvalue weighted by molar-refractivity contribution is 9.09. The lowest BCUT2D eigenvalue weighted by atomic mass is 9.95. The topological polar surface area (TPSA) is 37.3 Å². The van der Waals surface area contributed by atoms with Crippen LogP contribution in [0.4, 0.5) is 0 Å². The second-order valence-corrected chi connectivity index (χ2v) is 5.74. The highest BCUT2D eigenvalue weighted by atomic mass is 79.9. The van der Waals surface area contributed by atoms with E-state index in [1.165, 1.54) is 5.56 Å². The maximum Gasteiger partial charge on any atom is 0.306 e. The molecule has 0 aromatic heterocycles. The number of carbonyl (C=O) groups is 1. The van der Waals surface area contributed by atoms with Gasteiger partial charge < -0.3 is 5.11 Å². The van der Waals surface area contributed by atoms with E-state index in [1.54, 1.807) is 0 Å². The first kappa shape index (κ1) is 16.2. The smallest absolute Gasteiger partial charge is 0.306 e. The fourth-order valence-electron chi connectivity index (χ4n) is 2.24. The Labute approximate surface area is 124 Å². The minimum absolute atomic E-state index is 0.158. The predicted molar refractivity (Wildman–Crippen MR) is 82.8 cm³/mol. The average molecular weight is 327 g/mol. The number of hydrogen-bond acceptors (Lipinski definition) is 1. The van der Waals surface area contributed by atoms with E-state index in [4.69, 9.17) is 0 Å². The number of alkyl halides is 1. The van der Waals surface area contributed by atoms with Crippen LogP contribution in [0, 0.1) is 5.92 Å². The highest BCUT2D eigenvalue weighted by Gasteiger charge is 2.16. The maximum absolute atomic E-state index is 11.1. The Kier molecular flexibility index (Phi) is 8.55. The number of aryl methyl sites for hydroxylation is 1. The van der Waals surface area contributed by atoms with Crippen molar-refractivity contribution in [3.8, 4) is 0 Å². The molecule has 0 radical (unpaired) electrons. The summed E-state index contributed by atoms with van der Waals surface area (Å²) >= 11 is 3.38. The Hall–Kier alpha value is -0.830. The molecule has 1 aromatic rings. The van der Waals surface area contributed by atoms with E-state index in [-0.39, 0.29) is 5.92 Å². The molecule has 1 unspecified atom stereocenters. The Morgan fingerprint density at radius 1 is 1.05 bits per heavy atom. The van der Waals surface area contributed by atoms with Gasteiger partial charge in [0.2, 0.25) is 0 Å². The molecule has 1 rings (SSSR count). The second-order valence-electron chi connectivity index (χ2n) is 4.95. The molecule has 0 amide bonds. The largest absolute Gasteiger partial charge is 0.481 e. The van der Waals surface area contributed by atoms with Gasteiger partial charge in [-0.2, -0.15) is 0 Å². The molecule has 3 heteroatoms. The van der Waals surface area contributed by atoms with Gasteiger partial charge in [0.1, 0.15) is 0 Å². The first-order valence-corrected chi connectivity index (χ1v) is 8.19. The fraction of sp³-hybridized carbons (Fsp3) is 0.562. The predicted octanol–water partition coefficient (Wildman–Crippen LogP) is 4.67. The van der Waals surface area contributed by atoms with Gasteiger partial charge in [-0.25, -0.2) is 0 Å². The van der Waals surface area contributed by atoms with Crippen molar-refractivity contribution in [3.63, 3.8) is 0 Å². The van der Waals surface area contributed by atoms with E-state index in [9.17, 15) is 9.90 Å². The van der Waals surface area contributed by atoms with E-state index in [0.29, 0.717) is 0 Å². The van der Waals surface area contributed by atoms with Crippen LogP contribution in [0.3, 0.4) is 0 Å². The summed E-state index contributed by atoms with van der Waals surface area (Å²) in [6.45, 7) is 0. The van der Waals surface area contributed by atoms with Gasteiger partial charge in [-0.15, -0.1) is 0 Å². The van der Waals surface area contributed by atoms with Crippen molar-refractivity contribution in [2.24, 2.45) is 5.92 Å². The van der Waals surface area contributed by atoms with Crippen molar-refractivity contribution in [3.05, 3.63) is 35.9 Å². The van der Waals surface area contributed by atoms with Gasteiger partial charge in [0, 0.05) is 5.33 Å². The number of halogens is 1. The zero-order valence-corrected chi connectivity index (χ0v) is 12.9. The summed E-state index contributed by atoms with van der Waals surface area (Å²) in [7, 11) is 0. The van der Waals surface area contributed by atoms with Crippen LogP contribution in [0.5, 0.6) is 0 Å². The fourth-order valence-corrected chi connectivity index (χ4v) is 2.64. The van der Waals surface area contributed by atoms with Gasteiger partial charge in [-0.1, -0.05) is 59.1 Å². The zero-order chi connectivity index (χ0) is 13.9. The third-order valence-corrected chi connectivity index (χ3v) is 3.96. The summed E-state index contributed by atoms with van der Waals surface area (Å²) in [5, 5.41) is 10.1. The number of hydrogen-bond donors (Lipinski definition) is 1. The monoisotopic (exact) mass is 326 g/mol. The van der Waals surface area contributed by atoms with Crippen molar-refractivity contribution in [1.29, 1.82) is 0 Å². The third-order valence-electron chi connectivity index (χ3n) is 3.40. The Balaban J connectivity index is 2.19. The normalized spacial score (nSPS) is 12.3.